The number of nitro groups is 1. The van der Waals surface area contributed by atoms with Gasteiger partial charge in [-0.15, -0.1) is 0 Å². The number of nitrogens with one attached hydrogen (secondary N) is 1. The SMILES string of the molecule is O=C(COc1ccccc1[N+](=O)[O-])N/N=C\c1cn(-c2ccccc2)nc1-c1ccc(F)cc1. The molecule has 4 rings (SSSR count). The summed E-state index contributed by atoms with van der Waals surface area (Å²) >= 11 is 0. The molecule has 0 aliphatic rings. The maximum absolute atomic E-state index is 13.4. The van der Waals surface area contributed by atoms with E-state index in [0.717, 1.165) is 5.69 Å². The van der Waals surface area contributed by atoms with Crippen molar-refractivity contribution in [1.29, 1.82) is 0 Å². The van der Waals surface area contributed by atoms with E-state index in [9.17, 15) is 19.3 Å². The summed E-state index contributed by atoms with van der Waals surface area (Å²) in [6.07, 6.45) is 3.14. The standard InChI is InChI=1S/C24H18FN5O4/c25-19-12-10-17(11-13-19)24-18(15-29(28-24)20-6-2-1-3-7-20)14-26-27-23(31)16-34-22-9-5-4-8-21(22)30(32)33/h1-15H,16H2,(H,27,31)/b26-14-. The fourth-order valence-corrected chi connectivity index (χ4v) is 3.11. The third-order valence-electron chi connectivity index (χ3n) is 4.69. The highest BCUT2D eigenvalue weighted by molar-refractivity contribution is 5.89. The summed E-state index contributed by atoms with van der Waals surface area (Å²) in [5, 5.41) is 19.6. The second-order valence-corrected chi connectivity index (χ2v) is 7.03. The summed E-state index contributed by atoms with van der Waals surface area (Å²) in [5.74, 6) is -0.991. The minimum absolute atomic E-state index is 0.0191. The maximum Gasteiger partial charge on any atom is 0.310 e. The number of ether oxygens (including phenoxy) is 1. The Morgan fingerprint density at radius 2 is 1.79 bits per heavy atom. The van der Waals surface area contributed by atoms with Crippen molar-refractivity contribution in [1.82, 2.24) is 15.2 Å². The quantitative estimate of drug-likeness (QED) is 0.242. The molecule has 1 aromatic heterocycles. The Balaban J connectivity index is 1.49. The van der Waals surface area contributed by atoms with Crippen LogP contribution >= 0.6 is 0 Å². The van der Waals surface area contributed by atoms with Crippen molar-refractivity contribution in [3.63, 3.8) is 0 Å². The zero-order valence-corrected chi connectivity index (χ0v) is 17.7. The summed E-state index contributed by atoms with van der Waals surface area (Å²) in [5.41, 5.74) is 4.69. The van der Waals surface area contributed by atoms with Crippen molar-refractivity contribution < 1.29 is 18.8 Å². The first-order chi connectivity index (χ1) is 16.5. The lowest BCUT2D eigenvalue weighted by molar-refractivity contribution is -0.385. The molecule has 0 unspecified atom stereocenters. The molecule has 0 atom stereocenters. The third-order valence-corrected chi connectivity index (χ3v) is 4.69. The second kappa shape index (κ2) is 10.2. The van der Waals surface area contributed by atoms with Crippen molar-refractivity contribution in [3.8, 4) is 22.7 Å². The number of nitro benzene ring substituents is 1. The smallest absolute Gasteiger partial charge is 0.310 e. The molecular formula is C24H18FN5O4. The summed E-state index contributed by atoms with van der Waals surface area (Å²) in [6.45, 7) is -0.462. The molecule has 9 nitrogen and oxygen atoms in total. The lowest BCUT2D eigenvalue weighted by Crippen LogP contribution is -2.24. The highest BCUT2D eigenvalue weighted by atomic mass is 19.1. The molecule has 0 aliphatic carbocycles. The topological polar surface area (TPSA) is 112 Å². The third kappa shape index (κ3) is 5.30. The highest BCUT2D eigenvalue weighted by Crippen LogP contribution is 2.26. The number of carbonyl (C=O) groups excluding carboxylic acids is 1. The molecule has 4 aromatic rings. The van der Waals surface area contributed by atoms with Gasteiger partial charge >= 0.3 is 5.69 Å². The number of para-hydroxylation sites is 3. The minimum Gasteiger partial charge on any atom is -0.477 e. The largest absolute Gasteiger partial charge is 0.477 e. The Hall–Kier alpha value is -4.86. The molecule has 0 aliphatic heterocycles. The van der Waals surface area contributed by atoms with Crippen LogP contribution in [0.3, 0.4) is 0 Å². The molecule has 0 bridgehead atoms. The van der Waals surface area contributed by atoms with Gasteiger partial charge in [-0.1, -0.05) is 30.3 Å². The molecule has 0 radical (unpaired) electrons. The van der Waals surface area contributed by atoms with Crippen molar-refractivity contribution in [2.24, 2.45) is 5.10 Å². The number of aromatic nitrogens is 2. The molecular weight excluding hydrogens is 441 g/mol. The van der Waals surface area contributed by atoms with E-state index in [1.54, 1.807) is 29.1 Å². The van der Waals surface area contributed by atoms with Crippen LogP contribution in [-0.2, 0) is 4.79 Å². The molecule has 3 aromatic carbocycles. The van der Waals surface area contributed by atoms with Crippen LogP contribution in [0, 0.1) is 15.9 Å². The van der Waals surface area contributed by atoms with E-state index in [0.29, 0.717) is 16.8 Å². The Kier molecular flexibility index (Phi) is 6.68. The second-order valence-electron chi connectivity index (χ2n) is 7.03. The fourth-order valence-electron chi connectivity index (χ4n) is 3.11. The van der Waals surface area contributed by atoms with Crippen LogP contribution in [0.4, 0.5) is 10.1 Å². The Labute approximate surface area is 193 Å². The predicted octanol–water partition coefficient (Wildman–Crippen LogP) is 4.12. The Morgan fingerprint density at radius 1 is 1.09 bits per heavy atom. The lowest BCUT2D eigenvalue weighted by Gasteiger charge is -2.05. The van der Waals surface area contributed by atoms with Gasteiger partial charge in [-0.2, -0.15) is 10.2 Å². The lowest BCUT2D eigenvalue weighted by atomic mass is 10.1. The Morgan fingerprint density at radius 3 is 2.53 bits per heavy atom. The monoisotopic (exact) mass is 459 g/mol. The predicted molar refractivity (Wildman–Crippen MR) is 123 cm³/mol. The van der Waals surface area contributed by atoms with Crippen molar-refractivity contribution >= 4 is 17.8 Å². The van der Waals surface area contributed by atoms with Gasteiger partial charge in [0.15, 0.2) is 12.4 Å². The molecule has 1 N–H and O–H groups in total. The van der Waals surface area contributed by atoms with Gasteiger partial charge < -0.3 is 4.74 Å². The first kappa shape index (κ1) is 22.3. The molecule has 1 heterocycles. The molecule has 1 amide bonds. The van der Waals surface area contributed by atoms with Crippen LogP contribution in [0.1, 0.15) is 5.56 Å². The van der Waals surface area contributed by atoms with Crippen LogP contribution in [0.5, 0.6) is 5.75 Å². The van der Waals surface area contributed by atoms with E-state index in [4.69, 9.17) is 4.74 Å². The normalized spacial score (nSPS) is 10.9. The molecule has 0 fully saturated rings. The van der Waals surface area contributed by atoms with Gasteiger partial charge in [0.2, 0.25) is 0 Å². The van der Waals surface area contributed by atoms with Gasteiger partial charge in [-0.05, 0) is 42.5 Å². The van der Waals surface area contributed by atoms with Gasteiger partial charge in [0.05, 0.1) is 16.8 Å². The van der Waals surface area contributed by atoms with E-state index in [-0.39, 0.29) is 17.3 Å². The average molecular weight is 459 g/mol. The van der Waals surface area contributed by atoms with Crippen LogP contribution < -0.4 is 10.2 Å². The zero-order chi connectivity index (χ0) is 23.9. The molecule has 170 valence electrons. The molecule has 0 spiro atoms. The van der Waals surface area contributed by atoms with E-state index >= 15 is 0 Å². The van der Waals surface area contributed by atoms with Crippen molar-refractivity contribution in [3.05, 3.63) is 107 Å². The first-order valence-corrected chi connectivity index (χ1v) is 10.1. The number of hydrogen-bond acceptors (Lipinski definition) is 6. The number of nitrogens with zero attached hydrogens (tertiary/aromatic N) is 4. The van der Waals surface area contributed by atoms with Crippen LogP contribution in [-0.4, -0.2) is 33.4 Å². The number of hydrazone groups is 1. The summed E-state index contributed by atoms with van der Waals surface area (Å²) in [4.78, 5) is 22.6. The maximum atomic E-state index is 13.4. The highest BCUT2D eigenvalue weighted by Gasteiger charge is 2.15. The van der Waals surface area contributed by atoms with Crippen LogP contribution in [0.15, 0.2) is 90.2 Å². The summed E-state index contributed by atoms with van der Waals surface area (Å²) in [7, 11) is 0. The van der Waals surface area contributed by atoms with Gasteiger partial charge in [0.1, 0.15) is 11.5 Å². The first-order valence-electron chi connectivity index (χ1n) is 10.1. The number of carbonyl (C=O) groups is 1. The van der Waals surface area contributed by atoms with Crippen molar-refractivity contribution in [2.75, 3.05) is 6.61 Å². The summed E-state index contributed by atoms with van der Waals surface area (Å²) < 4.78 is 20.3. The number of benzene rings is 3. The fraction of sp³-hybridized carbons (Fsp3) is 0.0417. The number of halogens is 1. The Bertz CT molecular complexity index is 1340. The van der Waals surface area contributed by atoms with E-state index in [1.807, 2.05) is 30.3 Å². The molecule has 0 saturated carbocycles. The van der Waals surface area contributed by atoms with E-state index < -0.39 is 17.4 Å². The number of hydrogen-bond donors (Lipinski definition) is 1. The number of rotatable bonds is 8. The summed E-state index contributed by atoms with van der Waals surface area (Å²) in [6, 6.07) is 21.0. The van der Waals surface area contributed by atoms with Crippen molar-refractivity contribution in [2.45, 2.75) is 0 Å². The van der Waals surface area contributed by atoms with Gasteiger partial charge in [-0.3, -0.25) is 14.9 Å². The minimum atomic E-state index is -0.604. The molecule has 10 heteroatoms. The average Bonchev–Trinajstić information content (AvgIpc) is 3.28. The van der Waals surface area contributed by atoms with Crippen LogP contribution in [0.2, 0.25) is 0 Å². The van der Waals surface area contributed by atoms with E-state index in [1.165, 1.54) is 36.5 Å². The van der Waals surface area contributed by atoms with Gasteiger partial charge in [0, 0.05) is 23.4 Å². The van der Waals surface area contributed by atoms with Gasteiger partial charge in [0.25, 0.3) is 5.91 Å². The van der Waals surface area contributed by atoms with E-state index in [2.05, 4.69) is 15.6 Å². The number of amides is 1. The molecule has 0 saturated heterocycles. The molecule has 34 heavy (non-hydrogen) atoms. The van der Waals surface area contributed by atoms with Crippen LogP contribution in [0.25, 0.3) is 16.9 Å². The zero-order valence-electron chi connectivity index (χ0n) is 17.7. The van der Waals surface area contributed by atoms with Gasteiger partial charge in [-0.25, -0.2) is 14.5 Å².